The highest BCUT2D eigenvalue weighted by Crippen LogP contribution is 2.42. The van der Waals surface area contributed by atoms with Crippen molar-refractivity contribution in [2.24, 2.45) is 0 Å². The lowest BCUT2D eigenvalue weighted by atomic mass is 9.99. The van der Waals surface area contributed by atoms with Crippen molar-refractivity contribution in [2.45, 2.75) is 43.2 Å². The zero-order valence-corrected chi connectivity index (χ0v) is 25.3. The fraction of sp³-hybridized carbons (Fsp3) is 0.400. The third-order valence-electron chi connectivity index (χ3n) is 7.98. The Balaban J connectivity index is 1.51. The molecule has 0 amide bonds. The van der Waals surface area contributed by atoms with Gasteiger partial charge in [-0.25, -0.2) is 19.0 Å². The summed E-state index contributed by atoms with van der Waals surface area (Å²) >= 11 is 8.10. The minimum atomic E-state index is -1.12. The molecule has 0 bridgehead atoms. The topological polar surface area (TPSA) is 103 Å². The number of fused-ring (bicyclic) bond motifs is 4. The molecule has 1 unspecified atom stereocenters. The molecular weight excluding hydrogens is 593 g/mol. The van der Waals surface area contributed by atoms with Crippen molar-refractivity contribution >= 4 is 56.6 Å². The maximum Gasteiger partial charge on any atom is 0.190 e. The number of benzene rings is 1. The molecule has 0 radical (unpaired) electrons. The van der Waals surface area contributed by atoms with Crippen LogP contribution < -0.4 is 4.90 Å². The van der Waals surface area contributed by atoms with Gasteiger partial charge >= 0.3 is 0 Å². The standard InChI is InChI=1S/C30H29ClFN7O3S/c1-4-17-19(31)13-20-18(14-34-39(20)21-7-5-6-11-42-21)22(17)24-26-23(32)25-27(38(26)9-8-33-24)28(36-29(35-25)43-3)37-10-12-41-16-30(2,40)15-37/h1,8-9,13-14,21,40H,5-7,10-12,15-16H2,2-3H3/t21?,30-/m0/s1. The first kappa shape index (κ1) is 28.3. The number of aromatic nitrogens is 6. The van der Waals surface area contributed by atoms with Crippen molar-refractivity contribution in [3.63, 3.8) is 0 Å². The maximum atomic E-state index is 16.7. The molecule has 2 saturated heterocycles. The van der Waals surface area contributed by atoms with Crippen LogP contribution in [0.15, 0.2) is 29.8 Å². The molecule has 10 nitrogen and oxygen atoms in total. The van der Waals surface area contributed by atoms with Crippen LogP contribution in [-0.2, 0) is 9.47 Å². The number of anilines is 1. The van der Waals surface area contributed by atoms with Gasteiger partial charge in [0.05, 0.1) is 47.8 Å². The van der Waals surface area contributed by atoms with Crippen LogP contribution in [0.1, 0.15) is 38.0 Å². The van der Waals surface area contributed by atoms with Gasteiger partial charge in [-0.05, 0) is 38.5 Å². The van der Waals surface area contributed by atoms with Crippen LogP contribution in [0.5, 0.6) is 0 Å². The smallest absolute Gasteiger partial charge is 0.190 e. The van der Waals surface area contributed by atoms with Crippen molar-refractivity contribution in [2.75, 3.05) is 44.1 Å². The Hall–Kier alpha value is -3.47. The van der Waals surface area contributed by atoms with E-state index in [4.69, 9.17) is 32.5 Å². The van der Waals surface area contributed by atoms with Gasteiger partial charge in [-0.15, -0.1) is 6.42 Å². The SMILES string of the molecule is C#Cc1c(Cl)cc2c(cnn2C2CCCCO2)c1-c1nccn2c1c(F)c1nc(SC)nc(N3CCOC[C@@](C)(O)C3)c12. The number of terminal acetylenes is 1. The summed E-state index contributed by atoms with van der Waals surface area (Å²) in [6.07, 6.45) is 15.4. The van der Waals surface area contributed by atoms with Crippen LogP contribution in [0.2, 0.25) is 5.02 Å². The predicted molar refractivity (Wildman–Crippen MR) is 164 cm³/mol. The highest BCUT2D eigenvalue weighted by Gasteiger charge is 2.32. The van der Waals surface area contributed by atoms with Crippen LogP contribution in [-0.4, -0.2) is 79.0 Å². The number of halogens is 2. The maximum absolute atomic E-state index is 16.7. The minimum absolute atomic E-state index is 0.139. The third-order valence-corrected chi connectivity index (χ3v) is 8.83. The monoisotopic (exact) mass is 621 g/mol. The number of ether oxygens (including phenoxy) is 2. The van der Waals surface area contributed by atoms with E-state index in [-0.39, 0.29) is 30.4 Å². The van der Waals surface area contributed by atoms with Crippen LogP contribution in [0.4, 0.5) is 10.2 Å². The zero-order chi connectivity index (χ0) is 29.9. The fourth-order valence-corrected chi connectivity index (χ4v) is 6.71. The molecule has 2 fully saturated rings. The van der Waals surface area contributed by atoms with Gasteiger partial charge in [0, 0.05) is 36.5 Å². The molecule has 0 aliphatic carbocycles. The first-order valence-electron chi connectivity index (χ1n) is 14.0. The van der Waals surface area contributed by atoms with Crippen molar-refractivity contribution in [1.29, 1.82) is 0 Å². The minimum Gasteiger partial charge on any atom is -0.386 e. The molecule has 6 heterocycles. The second-order valence-corrected chi connectivity index (χ2v) is 12.3. The lowest BCUT2D eigenvalue weighted by molar-refractivity contribution is -0.0366. The number of hydrogen-bond acceptors (Lipinski definition) is 9. The second-order valence-electron chi connectivity index (χ2n) is 11.1. The molecular formula is C30H29ClFN7O3S. The van der Waals surface area contributed by atoms with Crippen LogP contribution in [0.3, 0.4) is 0 Å². The summed E-state index contributed by atoms with van der Waals surface area (Å²) in [5, 5.41) is 17.0. The van der Waals surface area contributed by atoms with Gasteiger partial charge in [0.2, 0.25) is 0 Å². The summed E-state index contributed by atoms with van der Waals surface area (Å²) in [7, 11) is 0. The fourth-order valence-electron chi connectivity index (χ4n) is 6.10. The van der Waals surface area contributed by atoms with Gasteiger partial charge in [-0.1, -0.05) is 29.3 Å². The Morgan fingerprint density at radius 1 is 1.26 bits per heavy atom. The average Bonchev–Trinajstić information content (AvgIpc) is 3.49. The number of β-amino-alcohol motifs (C(OH)–C–C–N with tert-alkyl or cyclic N) is 1. The molecule has 4 aromatic heterocycles. The summed E-state index contributed by atoms with van der Waals surface area (Å²) in [6.45, 7) is 3.64. The van der Waals surface area contributed by atoms with E-state index in [1.807, 2.05) is 15.8 Å². The Bertz CT molecular complexity index is 1930. The van der Waals surface area contributed by atoms with E-state index in [9.17, 15) is 5.11 Å². The molecule has 222 valence electrons. The first-order chi connectivity index (χ1) is 20.8. The lowest BCUT2D eigenvalue weighted by Crippen LogP contribution is -2.42. The average molecular weight is 622 g/mol. The Labute approximate surface area is 256 Å². The van der Waals surface area contributed by atoms with Crippen LogP contribution >= 0.6 is 23.4 Å². The number of hydrogen-bond donors (Lipinski definition) is 1. The molecule has 1 aromatic carbocycles. The molecule has 7 rings (SSSR count). The highest BCUT2D eigenvalue weighted by atomic mass is 35.5. The Morgan fingerprint density at radius 2 is 2.12 bits per heavy atom. The van der Waals surface area contributed by atoms with Gasteiger partial charge in [0.25, 0.3) is 0 Å². The summed E-state index contributed by atoms with van der Waals surface area (Å²) in [5.41, 5.74) is 1.59. The third kappa shape index (κ3) is 4.71. The molecule has 2 atom stereocenters. The van der Waals surface area contributed by atoms with Gasteiger partial charge < -0.3 is 23.9 Å². The molecule has 1 N–H and O–H groups in total. The molecule has 2 aliphatic heterocycles. The summed E-state index contributed by atoms with van der Waals surface area (Å²) in [6, 6.07) is 1.79. The number of nitrogens with zero attached hydrogens (tertiary/aromatic N) is 7. The first-order valence-corrected chi connectivity index (χ1v) is 15.6. The summed E-state index contributed by atoms with van der Waals surface area (Å²) in [4.78, 5) is 16.0. The molecule has 0 saturated carbocycles. The molecule has 43 heavy (non-hydrogen) atoms. The van der Waals surface area contributed by atoms with Gasteiger partial charge in [-0.2, -0.15) is 5.10 Å². The molecule has 0 spiro atoms. The van der Waals surface area contributed by atoms with E-state index in [0.29, 0.717) is 63.5 Å². The van der Waals surface area contributed by atoms with Gasteiger partial charge in [0.1, 0.15) is 22.2 Å². The van der Waals surface area contributed by atoms with Crippen molar-refractivity contribution < 1.29 is 19.0 Å². The number of aliphatic hydroxyl groups is 1. The van der Waals surface area contributed by atoms with Crippen LogP contribution in [0.25, 0.3) is 38.7 Å². The van der Waals surface area contributed by atoms with E-state index in [2.05, 4.69) is 21.0 Å². The Kier molecular flexibility index (Phi) is 7.18. The van der Waals surface area contributed by atoms with E-state index >= 15 is 4.39 Å². The highest BCUT2D eigenvalue weighted by molar-refractivity contribution is 7.98. The van der Waals surface area contributed by atoms with Gasteiger partial charge in [0.15, 0.2) is 23.0 Å². The molecule has 5 aromatic rings. The quantitative estimate of drug-likeness (QED) is 0.167. The normalized spacial score (nSPS) is 21.5. The summed E-state index contributed by atoms with van der Waals surface area (Å²) in [5.74, 6) is 2.64. The zero-order valence-electron chi connectivity index (χ0n) is 23.7. The molecule has 13 heteroatoms. The predicted octanol–water partition coefficient (Wildman–Crippen LogP) is 5.08. The van der Waals surface area contributed by atoms with E-state index in [1.165, 1.54) is 11.8 Å². The van der Waals surface area contributed by atoms with Crippen LogP contribution in [0, 0.1) is 18.2 Å². The van der Waals surface area contributed by atoms with E-state index in [0.717, 1.165) is 24.8 Å². The van der Waals surface area contributed by atoms with Gasteiger partial charge in [-0.3, -0.25) is 4.98 Å². The Morgan fingerprint density at radius 3 is 2.88 bits per heavy atom. The number of rotatable bonds is 4. The summed E-state index contributed by atoms with van der Waals surface area (Å²) < 4.78 is 31.9. The van der Waals surface area contributed by atoms with E-state index < -0.39 is 11.4 Å². The second kappa shape index (κ2) is 10.9. The molecule has 2 aliphatic rings. The van der Waals surface area contributed by atoms with Crippen molar-refractivity contribution in [3.05, 3.63) is 41.1 Å². The lowest BCUT2D eigenvalue weighted by Gasteiger charge is -2.28. The number of thioether (sulfide) groups is 1. The van der Waals surface area contributed by atoms with Crippen molar-refractivity contribution in [3.8, 4) is 23.6 Å². The largest absolute Gasteiger partial charge is 0.386 e. The van der Waals surface area contributed by atoms with Crippen molar-refractivity contribution in [1.82, 2.24) is 29.1 Å². The van der Waals surface area contributed by atoms with E-state index in [1.54, 1.807) is 36.0 Å².